The molecule has 0 aliphatic rings. The summed E-state index contributed by atoms with van der Waals surface area (Å²) in [6.45, 7) is 4.54. The molecular formula is C28H32N2O4. The van der Waals surface area contributed by atoms with Crippen molar-refractivity contribution in [2.45, 2.75) is 39.4 Å². The number of ether oxygens (including phenoxy) is 2. The van der Waals surface area contributed by atoms with Crippen LogP contribution < -0.4 is 14.8 Å². The SMILES string of the molecule is COc1ccc(CC(=O)N(Cc2ccccc2)C(C)C(=O)NCc2ccc(C)cc2)cc1OC. The van der Waals surface area contributed by atoms with E-state index in [0.717, 1.165) is 16.7 Å². The van der Waals surface area contributed by atoms with Crippen molar-refractivity contribution in [3.8, 4) is 11.5 Å². The first-order valence-electron chi connectivity index (χ1n) is 11.3. The standard InChI is InChI=1S/C28H32N2O4/c1-20-10-12-22(13-11-20)18-29-28(32)21(2)30(19-23-8-6-5-7-9-23)27(31)17-24-14-15-25(33-3)26(16-24)34-4/h5-16,21H,17-19H2,1-4H3,(H,29,32). The minimum Gasteiger partial charge on any atom is -0.493 e. The summed E-state index contributed by atoms with van der Waals surface area (Å²) in [4.78, 5) is 28.0. The normalized spacial score (nSPS) is 11.4. The zero-order chi connectivity index (χ0) is 24.5. The first-order valence-corrected chi connectivity index (χ1v) is 11.3. The van der Waals surface area contributed by atoms with Crippen LogP contribution >= 0.6 is 0 Å². The fraction of sp³-hybridized carbons (Fsp3) is 0.286. The molecular weight excluding hydrogens is 428 g/mol. The van der Waals surface area contributed by atoms with E-state index in [4.69, 9.17) is 9.47 Å². The predicted molar refractivity (Wildman–Crippen MR) is 133 cm³/mol. The van der Waals surface area contributed by atoms with Crippen molar-refractivity contribution in [2.75, 3.05) is 14.2 Å². The first-order chi connectivity index (χ1) is 16.4. The molecule has 34 heavy (non-hydrogen) atoms. The summed E-state index contributed by atoms with van der Waals surface area (Å²) in [7, 11) is 3.13. The number of hydrogen-bond donors (Lipinski definition) is 1. The highest BCUT2D eigenvalue weighted by atomic mass is 16.5. The van der Waals surface area contributed by atoms with E-state index >= 15 is 0 Å². The Balaban J connectivity index is 1.76. The van der Waals surface area contributed by atoms with E-state index < -0.39 is 6.04 Å². The summed E-state index contributed by atoms with van der Waals surface area (Å²) in [6, 6.07) is 22.5. The van der Waals surface area contributed by atoms with E-state index in [2.05, 4.69) is 5.32 Å². The molecule has 1 N–H and O–H groups in total. The van der Waals surface area contributed by atoms with Gasteiger partial charge in [0.25, 0.3) is 0 Å². The monoisotopic (exact) mass is 460 g/mol. The molecule has 0 radical (unpaired) electrons. The number of carbonyl (C=O) groups excluding carboxylic acids is 2. The Morgan fingerprint density at radius 2 is 1.50 bits per heavy atom. The fourth-order valence-corrected chi connectivity index (χ4v) is 3.67. The summed E-state index contributed by atoms with van der Waals surface area (Å²) in [5, 5.41) is 2.97. The number of aryl methyl sites for hydroxylation is 1. The highest BCUT2D eigenvalue weighted by molar-refractivity contribution is 5.88. The van der Waals surface area contributed by atoms with Gasteiger partial charge in [0, 0.05) is 13.1 Å². The van der Waals surface area contributed by atoms with Crippen LogP contribution in [0.3, 0.4) is 0 Å². The Kier molecular flexibility index (Phi) is 8.68. The topological polar surface area (TPSA) is 67.9 Å². The molecule has 0 heterocycles. The van der Waals surface area contributed by atoms with E-state index in [1.807, 2.05) is 67.6 Å². The van der Waals surface area contributed by atoms with Crippen LogP contribution in [0.2, 0.25) is 0 Å². The maximum Gasteiger partial charge on any atom is 0.242 e. The van der Waals surface area contributed by atoms with Crippen LogP contribution in [0, 0.1) is 6.92 Å². The highest BCUT2D eigenvalue weighted by Crippen LogP contribution is 2.28. The molecule has 3 aromatic rings. The zero-order valence-electron chi connectivity index (χ0n) is 20.2. The van der Waals surface area contributed by atoms with Crippen molar-refractivity contribution in [1.82, 2.24) is 10.2 Å². The second-order valence-electron chi connectivity index (χ2n) is 8.25. The molecule has 0 aliphatic heterocycles. The largest absolute Gasteiger partial charge is 0.493 e. The van der Waals surface area contributed by atoms with Gasteiger partial charge in [-0.05, 0) is 42.7 Å². The van der Waals surface area contributed by atoms with Crippen LogP contribution in [0.4, 0.5) is 0 Å². The third-order valence-electron chi connectivity index (χ3n) is 5.75. The van der Waals surface area contributed by atoms with Gasteiger partial charge in [0.2, 0.25) is 11.8 Å². The van der Waals surface area contributed by atoms with Crippen LogP contribution in [-0.2, 0) is 29.1 Å². The minimum absolute atomic E-state index is 0.142. The molecule has 6 nitrogen and oxygen atoms in total. The number of nitrogens with zero attached hydrogens (tertiary/aromatic N) is 1. The number of methoxy groups -OCH3 is 2. The number of nitrogens with one attached hydrogen (secondary N) is 1. The summed E-state index contributed by atoms with van der Waals surface area (Å²) < 4.78 is 10.7. The third kappa shape index (κ3) is 6.61. The molecule has 3 rings (SSSR count). The van der Waals surface area contributed by atoms with Crippen molar-refractivity contribution < 1.29 is 19.1 Å². The number of hydrogen-bond acceptors (Lipinski definition) is 4. The predicted octanol–water partition coefficient (Wildman–Crippen LogP) is 4.29. The van der Waals surface area contributed by atoms with Gasteiger partial charge in [0.05, 0.1) is 20.6 Å². The second kappa shape index (κ2) is 11.9. The van der Waals surface area contributed by atoms with E-state index in [9.17, 15) is 9.59 Å². The van der Waals surface area contributed by atoms with Crippen molar-refractivity contribution >= 4 is 11.8 Å². The molecule has 0 aromatic heterocycles. The molecule has 178 valence electrons. The smallest absolute Gasteiger partial charge is 0.242 e. The van der Waals surface area contributed by atoms with Gasteiger partial charge >= 0.3 is 0 Å². The van der Waals surface area contributed by atoms with Gasteiger partial charge in [0.1, 0.15) is 6.04 Å². The molecule has 0 fully saturated rings. The lowest BCUT2D eigenvalue weighted by Crippen LogP contribution is -2.47. The van der Waals surface area contributed by atoms with Crippen LogP contribution in [0.5, 0.6) is 11.5 Å². The molecule has 3 aromatic carbocycles. The van der Waals surface area contributed by atoms with Crippen molar-refractivity contribution in [3.05, 3.63) is 95.1 Å². The van der Waals surface area contributed by atoms with E-state index in [0.29, 0.717) is 24.6 Å². The molecule has 0 bridgehead atoms. The van der Waals surface area contributed by atoms with Gasteiger partial charge in [-0.3, -0.25) is 9.59 Å². The zero-order valence-corrected chi connectivity index (χ0v) is 20.2. The van der Waals surface area contributed by atoms with E-state index in [1.54, 1.807) is 38.2 Å². The van der Waals surface area contributed by atoms with E-state index in [-0.39, 0.29) is 18.2 Å². The Hall–Kier alpha value is -3.80. The van der Waals surface area contributed by atoms with Gasteiger partial charge in [-0.2, -0.15) is 0 Å². The van der Waals surface area contributed by atoms with Crippen LogP contribution in [0.1, 0.15) is 29.2 Å². The summed E-state index contributed by atoms with van der Waals surface area (Å²) >= 11 is 0. The molecule has 1 unspecified atom stereocenters. The lowest BCUT2D eigenvalue weighted by molar-refractivity contribution is -0.140. The lowest BCUT2D eigenvalue weighted by atomic mass is 10.1. The summed E-state index contributed by atoms with van der Waals surface area (Å²) in [5.74, 6) is 0.821. The van der Waals surface area contributed by atoms with Gasteiger partial charge in [0.15, 0.2) is 11.5 Å². The third-order valence-corrected chi connectivity index (χ3v) is 5.75. The minimum atomic E-state index is -0.640. The maximum absolute atomic E-state index is 13.4. The van der Waals surface area contributed by atoms with Crippen molar-refractivity contribution in [2.24, 2.45) is 0 Å². The number of amides is 2. The van der Waals surface area contributed by atoms with Crippen LogP contribution in [-0.4, -0.2) is 37.0 Å². The quantitative estimate of drug-likeness (QED) is 0.490. The lowest BCUT2D eigenvalue weighted by Gasteiger charge is -2.29. The van der Waals surface area contributed by atoms with Gasteiger partial charge in [-0.25, -0.2) is 0 Å². The van der Waals surface area contributed by atoms with Crippen molar-refractivity contribution in [1.29, 1.82) is 0 Å². The Morgan fingerprint density at radius 1 is 0.853 bits per heavy atom. The Bertz CT molecular complexity index is 1100. The molecule has 0 aliphatic carbocycles. The second-order valence-corrected chi connectivity index (χ2v) is 8.25. The number of carbonyl (C=O) groups is 2. The van der Waals surface area contributed by atoms with Crippen molar-refractivity contribution in [3.63, 3.8) is 0 Å². The Labute approximate surface area is 201 Å². The van der Waals surface area contributed by atoms with Gasteiger partial charge in [-0.15, -0.1) is 0 Å². The molecule has 1 atom stereocenters. The highest BCUT2D eigenvalue weighted by Gasteiger charge is 2.26. The molecule has 0 saturated carbocycles. The number of benzene rings is 3. The average molecular weight is 461 g/mol. The maximum atomic E-state index is 13.4. The molecule has 2 amide bonds. The summed E-state index contributed by atoms with van der Waals surface area (Å²) in [6.07, 6.45) is 0.142. The first kappa shape index (κ1) is 24.8. The fourth-order valence-electron chi connectivity index (χ4n) is 3.67. The average Bonchev–Trinajstić information content (AvgIpc) is 2.86. The van der Waals surface area contributed by atoms with Crippen LogP contribution in [0.15, 0.2) is 72.8 Å². The van der Waals surface area contributed by atoms with E-state index in [1.165, 1.54) is 5.56 Å². The van der Waals surface area contributed by atoms with Gasteiger partial charge in [-0.1, -0.05) is 66.2 Å². The van der Waals surface area contributed by atoms with Crippen LogP contribution in [0.25, 0.3) is 0 Å². The number of rotatable bonds is 10. The Morgan fingerprint density at radius 3 is 2.15 bits per heavy atom. The molecule has 6 heteroatoms. The summed E-state index contributed by atoms with van der Waals surface area (Å²) in [5.41, 5.74) is 3.92. The molecule has 0 spiro atoms. The molecule has 0 saturated heterocycles. The van der Waals surface area contributed by atoms with Gasteiger partial charge < -0.3 is 19.7 Å².